The standard InChI is InChI=1S/C20H16ClN3/c1-24-18-12-6-11-17(22-16-10-5-9-15(21)13-16)19(18)20(23-24)14-7-3-2-4-8-14/h2-13,22H,1H3. The number of aryl methyl sites for hydroxylation is 1. The minimum atomic E-state index is 0.710. The van der Waals surface area contributed by atoms with Gasteiger partial charge in [-0.2, -0.15) is 5.10 Å². The van der Waals surface area contributed by atoms with E-state index in [0.717, 1.165) is 33.5 Å². The van der Waals surface area contributed by atoms with E-state index < -0.39 is 0 Å². The molecule has 0 aliphatic heterocycles. The Kier molecular flexibility index (Phi) is 3.71. The van der Waals surface area contributed by atoms with Crippen LogP contribution in [-0.4, -0.2) is 9.78 Å². The predicted molar refractivity (Wildman–Crippen MR) is 101 cm³/mol. The van der Waals surface area contributed by atoms with Gasteiger partial charge < -0.3 is 5.32 Å². The van der Waals surface area contributed by atoms with Crippen LogP contribution < -0.4 is 5.32 Å². The number of halogens is 1. The van der Waals surface area contributed by atoms with Crippen LogP contribution in [0.5, 0.6) is 0 Å². The third-order valence-corrected chi connectivity index (χ3v) is 4.26. The van der Waals surface area contributed by atoms with Crippen LogP contribution in [0.2, 0.25) is 5.02 Å². The molecule has 0 saturated heterocycles. The van der Waals surface area contributed by atoms with Gasteiger partial charge in [-0.25, -0.2) is 0 Å². The van der Waals surface area contributed by atoms with E-state index in [-0.39, 0.29) is 0 Å². The van der Waals surface area contributed by atoms with E-state index in [1.807, 2.05) is 60.3 Å². The van der Waals surface area contributed by atoms with Crippen molar-refractivity contribution in [2.24, 2.45) is 7.05 Å². The van der Waals surface area contributed by atoms with Crippen LogP contribution >= 0.6 is 11.6 Å². The molecule has 0 fully saturated rings. The number of nitrogens with one attached hydrogen (secondary N) is 1. The van der Waals surface area contributed by atoms with Gasteiger partial charge in [-0.3, -0.25) is 4.68 Å². The quantitative estimate of drug-likeness (QED) is 0.526. The summed E-state index contributed by atoms with van der Waals surface area (Å²) in [6.07, 6.45) is 0. The van der Waals surface area contributed by atoms with Crippen LogP contribution in [0.3, 0.4) is 0 Å². The van der Waals surface area contributed by atoms with Gasteiger partial charge in [-0.1, -0.05) is 54.1 Å². The first kappa shape index (κ1) is 14.8. The average Bonchev–Trinajstić information content (AvgIpc) is 2.94. The molecule has 0 radical (unpaired) electrons. The highest BCUT2D eigenvalue weighted by Crippen LogP contribution is 2.34. The summed E-state index contributed by atoms with van der Waals surface area (Å²) < 4.78 is 1.92. The van der Waals surface area contributed by atoms with Crippen LogP contribution in [0.4, 0.5) is 11.4 Å². The summed E-state index contributed by atoms with van der Waals surface area (Å²) in [4.78, 5) is 0. The van der Waals surface area contributed by atoms with Gasteiger partial charge in [-0.15, -0.1) is 0 Å². The maximum absolute atomic E-state index is 6.10. The van der Waals surface area contributed by atoms with E-state index in [2.05, 4.69) is 29.6 Å². The zero-order valence-corrected chi connectivity index (χ0v) is 14.0. The molecule has 1 aromatic heterocycles. The van der Waals surface area contributed by atoms with Crippen molar-refractivity contribution in [3.8, 4) is 11.3 Å². The van der Waals surface area contributed by atoms with E-state index in [9.17, 15) is 0 Å². The van der Waals surface area contributed by atoms with Gasteiger partial charge in [0.05, 0.1) is 16.6 Å². The van der Waals surface area contributed by atoms with E-state index in [0.29, 0.717) is 5.02 Å². The number of nitrogens with zero attached hydrogens (tertiary/aromatic N) is 2. The second kappa shape index (κ2) is 6.02. The zero-order chi connectivity index (χ0) is 16.5. The summed E-state index contributed by atoms with van der Waals surface area (Å²) in [6, 6.07) is 24.1. The highest BCUT2D eigenvalue weighted by molar-refractivity contribution is 6.30. The monoisotopic (exact) mass is 333 g/mol. The fourth-order valence-corrected chi connectivity index (χ4v) is 3.13. The number of benzene rings is 3. The molecule has 4 aromatic rings. The van der Waals surface area contributed by atoms with Crippen molar-refractivity contribution < 1.29 is 0 Å². The lowest BCUT2D eigenvalue weighted by molar-refractivity contribution is 0.800. The Hall–Kier alpha value is -2.78. The van der Waals surface area contributed by atoms with Gasteiger partial charge in [0, 0.05) is 23.3 Å². The number of hydrogen-bond acceptors (Lipinski definition) is 2. The largest absolute Gasteiger partial charge is 0.355 e. The minimum Gasteiger partial charge on any atom is -0.355 e. The molecule has 0 bridgehead atoms. The second-order valence-electron chi connectivity index (χ2n) is 5.67. The molecular formula is C20H16ClN3. The van der Waals surface area contributed by atoms with Crippen molar-refractivity contribution in [1.82, 2.24) is 9.78 Å². The van der Waals surface area contributed by atoms with Crippen LogP contribution in [0, 0.1) is 0 Å². The summed E-state index contributed by atoms with van der Waals surface area (Å²) in [5, 5.41) is 10.0. The molecular weight excluding hydrogens is 318 g/mol. The number of fused-ring (bicyclic) bond motifs is 1. The summed E-state index contributed by atoms with van der Waals surface area (Å²) >= 11 is 6.10. The van der Waals surface area contributed by atoms with Crippen LogP contribution in [0.1, 0.15) is 0 Å². The van der Waals surface area contributed by atoms with E-state index >= 15 is 0 Å². The fourth-order valence-electron chi connectivity index (χ4n) is 2.94. The van der Waals surface area contributed by atoms with Crippen molar-refractivity contribution >= 4 is 33.9 Å². The summed E-state index contributed by atoms with van der Waals surface area (Å²) in [6.45, 7) is 0. The Labute approximate surface area is 145 Å². The summed E-state index contributed by atoms with van der Waals surface area (Å²) in [5.74, 6) is 0. The molecule has 0 unspecified atom stereocenters. The molecule has 0 amide bonds. The molecule has 118 valence electrons. The summed E-state index contributed by atoms with van der Waals surface area (Å²) in [5.41, 5.74) is 5.13. The van der Waals surface area contributed by atoms with Crippen molar-refractivity contribution in [2.75, 3.05) is 5.32 Å². The second-order valence-corrected chi connectivity index (χ2v) is 6.11. The Bertz CT molecular complexity index is 1010. The van der Waals surface area contributed by atoms with Gasteiger partial charge in [0.15, 0.2) is 0 Å². The lowest BCUT2D eigenvalue weighted by Gasteiger charge is -2.09. The highest BCUT2D eigenvalue weighted by atomic mass is 35.5. The van der Waals surface area contributed by atoms with E-state index in [4.69, 9.17) is 16.7 Å². The number of rotatable bonds is 3. The minimum absolute atomic E-state index is 0.710. The molecule has 4 rings (SSSR count). The van der Waals surface area contributed by atoms with Crippen LogP contribution in [0.25, 0.3) is 22.2 Å². The maximum Gasteiger partial charge on any atom is 0.102 e. The van der Waals surface area contributed by atoms with Crippen molar-refractivity contribution in [3.05, 3.63) is 77.8 Å². The van der Waals surface area contributed by atoms with Gasteiger partial charge in [0.25, 0.3) is 0 Å². The topological polar surface area (TPSA) is 29.9 Å². The Balaban J connectivity index is 1.90. The first-order valence-electron chi connectivity index (χ1n) is 7.76. The van der Waals surface area contributed by atoms with E-state index in [1.54, 1.807) is 0 Å². The molecule has 1 N–H and O–H groups in total. The molecule has 0 aliphatic carbocycles. The molecule has 0 saturated carbocycles. The molecule has 3 aromatic carbocycles. The first-order valence-corrected chi connectivity index (χ1v) is 8.14. The van der Waals surface area contributed by atoms with Crippen molar-refractivity contribution in [2.45, 2.75) is 0 Å². The molecule has 1 heterocycles. The Morgan fingerprint density at radius 1 is 0.917 bits per heavy atom. The Morgan fingerprint density at radius 3 is 2.50 bits per heavy atom. The molecule has 24 heavy (non-hydrogen) atoms. The first-order chi connectivity index (χ1) is 11.7. The van der Waals surface area contributed by atoms with Crippen LogP contribution in [-0.2, 0) is 7.05 Å². The third kappa shape index (κ3) is 2.63. The van der Waals surface area contributed by atoms with Gasteiger partial charge in [0.1, 0.15) is 5.69 Å². The Morgan fingerprint density at radius 2 is 1.71 bits per heavy atom. The molecule has 4 heteroatoms. The fraction of sp³-hybridized carbons (Fsp3) is 0.0500. The normalized spacial score (nSPS) is 10.9. The van der Waals surface area contributed by atoms with Crippen molar-refractivity contribution in [1.29, 1.82) is 0 Å². The van der Waals surface area contributed by atoms with E-state index in [1.165, 1.54) is 0 Å². The van der Waals surface area contributed by atoms with Gasteiger partial charge in [-0.05, 0) is 30.3 Å². The molecule has 0 spiro atoms. The molecule has 0 atom stereocenters. The van der Waals surface area contributed by atoms with Crippen LogP contribution in [0.15, 0.2) is 72.8 Å². The number of aromatic nitrogens is 2. The highest BCUT2D eigenvalue weighted by Gasteiger charge is 2.14. The smallest absolute Gasteiger partial charge is 0.102 e. The summed E-state index contributed by atoms with van der Waals surface area (Å²) in [7, 11) is 1.97. The molecule has 0 aliphatic rings. The van der Waals surface area contributed by atoms with Gasteiger partial charge in [0.2, 0.25) is 0 Å². The molecule has 3 nitrogen and oxygen atoms in total. The van der Waals surface area contributed by atoms with Crippen molar-refractivity contribution in [3.63, 3.8) is 0 Å². The third-order valence-electron chi connectivity index (χ3n) is 4.03. The zero-order valence-electron chi connectivity index (χ0n) is 13.2. The number of hydrogen-bond donors (Lipinski definition) is 1. The number of anilines is 2. The SMILES string of the molecule is Cn1nc(-c2ccccc2)c2c(Nc3cccc(Cl)c3)cccc21. The predicted octanol–water partition coefficient (Wildman–Crippen LogP) is 5.64. The van der Waals surface area contributed by atoms with Gasteiger partial charge >= 0.3 is 0 Å². The lowest BCUT2D eigenvalue weighted by atomic mass is 10.1. The maximum atomic E-state index is 6.10. The average molecular weight is 334 g/mol. The lowest BCUT2D eigenvalue weighted by Crippen LogP contribution is -1.92.